The number of anilines is 1. The Labute approximate surface area is 217 Å². The molecule has 2 atom stereocenters. The lowest BCUT2D eigenvalue weighted by atomic mass is 9.80. The number of nitriles is 1. The molecule has 2 unspecified atom stereocenters. The molecule has 0 saturated carbocycles. The maximum Gasteiger partial charge on any atom is 0.296 e. The zero-order chi connectivity index (χ0) is 24.9. The molecule has 9 nitrogen and oxygen atoms in total. The number of amides is 1. The molecule has 11 heteroatoms. The number of hydrogen-bond donors (Lipinski definition) is 2. The molecule has 3 aromatic rings. The third kappa shape index (κ3) is 5.77. The summed E-state index contributed by atoms with van der Waals surface area (Å²) >= 11 is 7.09. The Morgan fingerprint density at radius 2 is 2.08 bits per heavy atom. The monoisotopic (exact) mass is 525 g/mol. The van der Waals surface area contributed by atoms with Gasteiger partial charge in [0.1, 0.15) is 18.5 Å². The van der Waals surface area contributed by atoms with Gasteiger partial charge in [0, 0.05) is 29.0 Å². The van der Waals surface area contributed by atoms with Crippen LogP contribution in [0.5, 0.6) is 10.9 Å². The van der Waals surface area contributed by atoms with Crippen molar-refractivity contribution in [3.63, 3.8) is 0 Å². The Kier molecular flexibility index (Phi) is 7.63. The van der Waals surface area contributed by atoms with E-state index in [0.29, 0.717) is 66.0 Å². The van der Waals surface area contributed by atoms with Crippen LogP contribution < -0.4 is 20.1 Å². The summed E-state index contributed by atoms with van der Waals surface area (Å²) in [6.45, 7) is 2.69. The molecule has 2 aromatic carbocycles. The van der Waals surface area contributed by atoms with Crippen molar-refractivity contribution >= 4 is 34.0 Å². The number of ether oxygens (including phenoxy) is 3. The lowest BCUT2D eigenvalue weighted by Crippen LogP contribution is -2.42. The van der Waals surface area contributed by atoms with Crippen molar-refractivity contribution in [2.45, 2.75) is 25.0 Å². The fourth-order valence-corrected chi connectivity index (χ4v) is 4.94. The molecule has 0 radical (unpaired) electrons. The highest BCUT2D eigenvalue weighted by Gasteiger charge is 2.35. The molecule has 1 aromatic heterocycles. The van der Waals surface area contributed by atoms with Gasteiger partial charge in [-0.05, 0) is 60.2 Å². The highest BCUT2D eigenvalue weighted by atomic mass is 35.5. The van der Waals surface area contributed by atoms with Crippen molar-refractivity contribution in [3.8, 4) is 17.0 Å². The van der Waals surface area contributed by atoms with E-state index in [4.69, 9.17) is 25.8 Å². The van der Waals surface area contributed by atoms with Gasteiger partial charge in [0.25, 0.3) is 5.19 Å². The zero-order valence-electron chi connectivity index (χ0n) is 19.3. The molecule has 0 spiro atoms. The van der Waals surface area contributed by atoms with E-state index < -0.39 is 0 Å². The van der Waals surface area contributed by atoms with Gasteiger partial charge in [-0.1, -0.05) is 28.8 Å². The van der Waals surface area contributed by atoms with Gasteiger partial charge in [0.05, 0.1) is 24.8 Å². The molecule has 3 heterocycles. The Balaban J connectivity index is 1.28. The summed E-state index contributed by atoms with van der Waals surface area (Å²) < 4.78 is 17.1. The van der Waals surface area contributed by atoms with Crippen LogP contribution in [0.2, 0.25) is 5.02 Å². The third-order valence-electron chi connectivity index (χ3n) is 6.17. The van der Waals surface area contributed by atoms with Gasteiger partial charge < -0.3 is 24.8 Å². The van der Waals surface area contributed by atoms with Crippen molar-refractivity contribution < 1.29 is 19.0 Å². The van der Waals surface area contributed by atoms with Crippen LogP contribution in [-0.4, -0.2) is 48.5 Å². The summed E-state index contributed by atoms with van der Waals surface area (Å²) in [5.74, 6) is 0.0314. The van der Waals surface area contributed by atoms with Gasteiger partial charge in [-0.15, -0.1) is 5.10 Å². The first-order chi connectivity index (χ1) is 17.6. The summed E-state index contributed by atoms with van der Waals surface area (Å²) in [5.41, 5.74) is 2.32. The smallest absolute Gasteiger partial charge is 0.296 e. The molecule has 2 aliphatic heterocycles. The molecule has 2 fully saturated rings. The molecule has 2 aliphatic rings. The third-order valence-corrected chi connectivity index (χ3v) is 7.17. The van der Waals surface area contributed by atoms with Crippen LogP contribution in [0, 0.1) is 17.2 Å². The maximum absolute atomic E-state index is 13.3. The van der Waals surface area contributed by atoms with Crippen LogP contribution in [0.1, 0.15) is 29.0 Å². The number of nitrogens with zero attached hydrogens (tertiary/aromatic N) is 3. The second-order valence-corrected chi connectivity index (χ2v) is 10.0. The molecule has 186 valence electrons. The molecule has 2 saturated heterocycles. The van der Waals surface area contributed by atoms with Gasteiger partial charge in [0.15, 0.2) is 0 Å². The van der Waals surface area contributed by atoms with Crippen molar-refractivity contribution in [2.24, 2.45) is 5.92 Å². The van der Waals surface area contributed by atoms with Gasteiger partial charge in [-0.25, -0.2) is 0 Å². The van der Waals surface area contributed by atoms with E-state index in [0.717, 1.165) is 11.1 Å². The lowest BCUT2D eigenvalue weighted by Gasteiger charge is -2.34. The summed E-state index contributed by atoms with van der Waals surface area (Å²) in [7, 11) is 0. The summed E-state index contributed by atoms with van der Waals surface area (Å²) in [6, 6.07) is 14.9. The Morgan fingerprint density at radius 1 is 1.25 bits per heavy atom. The van der Waals surface area contributed by atoms with Crippen molar-refractivity contribution in [1.29, 1.82) is 5.26 Å². The minimum atomic E-state index is -0.331. The molecule has 2 N–H and O–H groups in total. The summed E-state index contributed by atoms with van der Waals surface area (Å²) in [6.07, 6.45) is 0.617. The fraction of sp³-hybridized carbons (Fsp3) is 0.360. The summed E-state index contributed by atoms with van der Waals surface area (Å²) in [5, 5.41) is 25.2. The number of rotatable bonds is 8. The highest BCUT2D eigenvalue weighted by Crippen LogP contribution is 2.37. The van der Waals surface area contributed by atoms with Crippen LogP contribution in [-0.2, 0) is 16.1 Å². The predicted octanol–water partition coefficient (Wildman–Crippen LogP) is 3.75. The van der Waals surface area contributed by atoms with Crippen LogP contribution in [0.3, 0.4) is 0 Å². The molecular formula is C25H24ClN5O4S. The predicted molar refractivity (Wildman–Crippen MR) is 134 cm³/mol. The van der Waals surface area contributed by atoms with Crippen molar-refractivity contribution in [3.05, 3.63) is 64.2 Å². The second kappa shape index (κ2) is 11.2. The standard InChI is InChI=1S/C25H24ClN5O4S/c26-17-4-1-15(2-5-17)12-34-25-31-30-24(36-25)29-23(32)19-7-8-28-11-21(19)20-9-16(10-27)3-6-22(20)35-18-13-33-14-18/h1-6,9,18-19,21,28H,7-8,11-14H2,(H,29,30,32). The van der Waals surface area contributed by atoms with Crippen molar-refractivity contribution in [1.82, 2.24) is 15.5 Å². The first kappa shape index (κ1) is 24.5. The number of aromatic nitrogens is 2. The molecular weight excluding hydrogens is 502 g/mol. The van der Waals surface area contributed by atoms with E-state index in [1.54, 1.807) is 18.2 Å². The number of carbonyl (C=O) groups is 1. The Morgan fingerprint density at radius 3 is 2.83 bits per heavy atom. The van der Waals surface area contributed by atoms with E-state index in [-0.39, 0.29) is 23.8 Å². The number of carbonyl (C=O) groups excluding carboxylic acids is 1. The second-order valence-electron chi connectivity index (χ2n) is 8.63. The lowest BCUT2D eigenvalue weighted by molar-refractivity contribution is -0.121. The van der Waals surface area contributed by atoms with E-state index >= 15 is 0 Å². The molecule has 36 heavy (non-hydrogen) atoms. The highest BCUT2D eigenvalue weighted by molar-refractivity contribution is 7.17. The number of piperidine rings is 1. The fourth-order valence-electron chi connectivity index (χ4n) is 4.22. The molecule has 5 rings (SSSR count). The minimum Gasteiger partial charge on any atom is -0.485 e. The Bertz CT molecular complexity index is 1260. The minimum absolute atomic E-state index is 0.0202. The zero-order valence-corrected chi connectivity index (χ0v) is 20.8. The Hall–Kier alpha value is -3.23. The largest absolute Gasteiger partial charge is 0.485 e. The van der Waals surface area contributed by atoms with E-state index in [9.17, 15) is 10.1 Å². The number of halogens is 1. The van der Waals surface area contributed by atoms with Crippen molar-refractivity contribution in [2.75, 3.05) is 31.6 Å². The van der Waals surface area contributed by atoms with Gasteiger partial charge >= 0.3 is 0 Å². The van der Waals surface area contributed by atoms with E-state index in [2.05, 4.69) is 26.9 Å². The SMILES string of the molecule is N#Cc1ccc(OC2COC2)c(C2CNCCC2C(=O)Nc2nnc(OCc3ccc(Cl)cc3)s2)c1. The number of benzene rings is 2. The van der Waals surface area contributed by atoms with Gasteiger partial charge in [0.2, 0.25) is 11.0 Å². The average molecular weight is 526 g/mol. The van der Waals surface area contributed by atoms with Crippen LogP contribution in [0.4, 0.5) is 5.13 Å². The molecule has 0 aliphatic carbocycles. The molecule has 1 amide bonds. The normalized spacial score (nSPS) is 19.7. The van der Waals surface area contributed by atoms with E-state index in [1.807, 2.05) is 24.3 Å². The van der Waals surface area contributed by atoms with Crippen LogP contribution >= 0.6 is 22.9 Å². The number of nitrogens with one attached hydrogen (secondary N) is 2. The first-order valence-electron chi connectivity index (χ1n) is 11.6. The number of hydrogen-bond acceptors (Lipinski definition) is 9. The quantitative estimate of drug-likeness (QED) is 0.456. The topological polar surface area (TPSA) is 118 Å². The van der Waals surface area contributed by atoms with Crippen LogP contribution in [0.15, 0.2) is 42.5 Å². The van der Waals surface area contributed by atoms with E-state index in [1.165, 1.54) is 11.3 Å². The van der Waals surface area contributed by atoms with Crippen LogP contribution in [0.25, 0.3) is 0 Å². The first-order valence-corrected chi connectivity index (χ1v) is 12.8. The average Bonchev–Trinajstić information content (AvgIpc) is 3.33. The maximum atomic E-state index is 13.3. The van der Waals surface area contributed by atoms with Gasteiger partial charge in [-0.3, -0.25) is 4.79 Å². The summed E-state index contributed by atoms with van der Waals surface area (Å²) in [4.78, 5) is 13.3. The molecule has 0 bridgehead atoms. The van der Waals surface area contributed by atoms with Gasteiger partial charge in [-0.2, -0.15) is 5.26 Å².